The van der Waals surface area contributed by atoms with Gasteiger partial charge in [-0.1, -0.05) is 23.8 Å². The van der Waals surface area contributed by atoms with Crippen molar-refractivity contribution < 1.29 is 13.6 Å². The molecule has 0 fully saturated rings. The second-order valence-electron chi connectivity index (χ2n) is 6.72. The molecule has 26 heavy (non-hydrogen) atoms. The summed E-state index contributed by atoms with van der Waals surface area (Å²) < 4.78 is 25.9. The van der Waals surface area contributed by atoms with E-state index in [1.54, 1.807) is 0 Å². The van der Waals surface area contributed by atoms with Gasteiger partial charge in [0.1, 0.15) is 0 Å². The molecule has 0 atom stereocenters. The zero-order valence-electron chi connectivity index (χ0n) is 16.1. The number of hydrogen-bond donors (Lipinski definition) is 0. The van der Waals surface area contributed by atoms with Gasteiger partial charge in [0.05, 0.1) is 19.4 Å². The van der Waals surface area contributed by atoms with E-state index in [9.17, 15) is 4.57 Å². The first-order valence-electron chi connectivity index (χ1n) is 9.35. The van der Waals surface area contributed by atoms with Crippen LogP contribution in [0.2, 0.25) is 0 Å². The molecule has 0 aliphatic rings. The molecule has 140 valence electrons. The molecule has 0 saturated carbocycles. The Bertz CT molecular complexity index is 951. The van der Waals surface area contributed by atoms with Crippen LogP contribution in [0.5, 0.6) is 0 Å². The molecule has 0 bridgehead atoms. The van der Waals surface area contributed by atoms with Crippen LogP contribution in [0.1, 0.15) is 31.4 Å². The van der Waals surface area contributed by atoms with Crippen molar-refractivity contribution >= 4 is 29.4 Å². The van der Waals surface area contributed by atoms with Gasteiger partial charge < -0.3 is 13.6 Å². The summed E-state index contributed by atoms with van der Waals surface area (Å²) in [7, 11) is -2.99. The molecule has 0 N–H and O–H groups in total. The second kappa shape index (κ2) is 7.96. The highest BCUT2D eigenvalue weighted by Gasteiger charge is 2.23. The van der Waals surface area contributed by atoms with Gasteiger partial charge in [-0.3, -0.25) is 4.57 Å². The average molecular weight is 373 g/mol. The van der Waals surface area contributed by atoms with E-state index in [1.165, 1.54) is 32.9 Å². The van der Waals surface area contributed by atoms with Gasteiger partial charge in [0.2, 0.25) is 0 Å². The van der Waals surface area contributed by atoms with E-state index in [2.05, 4.69) is 54.8 Å². The molecule has 0 amide bonds. The van der Waals surface area contributed by atoms with Crippen LogP contribution in [-0.2, 0) is 20.2 Å². The Balaban J connectivity index is 1.93. The van der Waals surface area contributed by atoms with Crippen LogP contribution in [0.25, 0.3) is 21.8 Å². The predicted molar refractivity (Wildman–Crippen MR) is 109 cm³/mol. The van der Waals surface area contributed by atoms with Gasteiger partial charge in [-0.25, -0.2) is 0 Å². The summed E-state index contributed by atoms with van der Waals surface area (Å²) >= 11 is 0. The van der Waals surface area contributed by atoms with Gasteiger partial charge in [0.25, 0.3) is 0 Å². The normalized spacial score (nSPS) is 12.3. The van der Waals surface area contributed by atoms with Gasteiger partial charge in [0, 0.05) is 28.4 Å². The second-order valence-corrected chi connectivity index (χ2v) is 8.90. The maximum atomic E-state index is 12.7. The van der Waals surface area contributed by atoms with Crippen molar-refractivity contribution in [3.8, 4) is 0 Å². The van der Waals surface area contributed by atoms with Crippen molar-refractivity contribution in [2.75, 3.05) is 19.4 Å². The molecule has 3 aromatic rings. The Labute approximate surface area is 155 Å². The molecule has 0 unspecified atom stereocenters. The minimum atomic E-state index is -2.99. The van der Waals surface area contributed by atoms with Crippen LogP contribution in [0.3, 0.4) is 0 Å². The van der Waals surface area contributed by atoms with Gasteiger partial charge in [0.15, 0.2) is 0 Å². The van der Waals surface area contributed by atoms with Gasteiger partial charge in [-0.2, -0.15) is 0 Å². The number of benzene rings is 2. The topological polar surface area (TPSA) is 40.5 Å². The Morgan fingerprint density at radius 2 is 1.54 bits per heavy atom. The minimum Gasteiger partial charge on any atom is -0.340 e. The Morgan fingerprint density at radius 3 is 2.23 bits per heavy atom. The first kappa shape index (κ1) is 19.2. The molecule has 0 saturated heterocycles. The van der Waals surface area contributed by atoms with E-state index in [1.807, 2.05) is 13.8 Å². The summed E-state index contributed by atoms with van der Waals surface area (Å²) in [5, 5.41) is 2.55. The molecule has 0 aliphatic carbocycles. The molecule has 0 aliphatic heterocycles. The fourth-order valence-electron chi connectivity index (χ4n) is 3.55. The molecule has 2 aromatic carbocycles. The van der Waals surface area contributed by atoms with Crippen molar-refractivity contribution in [3.05, 3.63) is 47.5 Å². The lowest BCUT2D eigenvalue weighted by Crippen LogP contribution is -2.05. The van der Waals surface area contributed by atoms with E-state index >= 15 is 0 Å². The lowest BCUT2D eigenvalue weighted by molar-refractivity contribution is 0.219. The average Bonchev–Trinajstić information content (AvgIpc) is 2.88. The van der Waals surface area contributed by atoms with Crippen LogP contribution >= 0.6 is 7.60 Å². The molecule has 0 radical (unpaired) electrons. The lowest BCUT2D eigenvalue weighted by atomic mass is 10.1. The summed E-state index contributed by atoms with van der Waals surface area (Å²) in [5.74, 6) is 0. The van der Waals surface area contributed by atoms with E-state index in [0.29, 0.717) is 19.4 Å². The summed E-state index contributed by atoms with van der Waals surface area (Å²) in [4.78, 5) is 0. The largest absolute Gasteiger partial charge is 0.340 e. The number of fused-ring (bicyclic) bond motifs is 3. The van der Waals surface area contributed by atoms with Crippen molar-refractivity contribution in [2.24, 2.45) is 0 Å². The molecule has 1 heterocycles. The first-order valence-corrected chi connectivity index (χ1v) is 11.1. The van der Waals surface area contributed by atoms with Crippen LogP contribution in [-0.4, -0.2) is 23.9 Å². The van der Waals surface area contributed by atoms with E-state index < -0.39 is 7.60 Å². The highest BCUT2D eigenvalue weighted by molar-refractivity contribution is 7.53. The molecule has 0 spiro atoms. The van der Waals surface area contributed by atoms with E-state index in [-0.39, 0.29) is 0 Å². The predicted octanol–water partition coefficient (Wildman–Crippen LogP) is 6.07. The fraction of sp³-hybridized carbons (Fsp3) is 0.429. The number of rotatable bonds is 8. The lowest BCUT2D eigenvalue weighted by Gasteiger charge is -2.17. The fourth-order valence-corrected chi connectivity index (χ4v) is 5.19. The van der Waals surface area contributed by atoms with Crippen LogP contribution in [0.4, 0.5) is 0 Å². The summed E-state index contributed by atoms with van der Waals surface area (Å²) in [6, 6.07) is 13.2. The van der Waals surface area contributed by atoms with Gasteiger partial charge in [-0.05, 0) is 57.9 Å². The number of hydrogen-bond acceptors (Lipinski definition) is 3. The van der Waals surface area contributed by atoms with Crippen LogP contribution in [0.15, 0.2) is 36.4 Å². The summed E-state index contributed by atoms with van der Waals surface area (Å²) in [5.41, 5.74) is 4.95. The number of aryl methyl sites for hydroxylation is 3. The summed E-state index contributed by atoms with van der Waals surface area (Å²) in [6.07, 6.45) is 1.19. The Kier molecular flexibility index (Phi) is 5.86. The summed E-state index contributed by atoms with van der Waals surface area (Å²) in [6.45, 7) is 9.54. The van der Waals surface area contributed by atoms with Crippen molar-refractivity contribution in [1.29, 1.82) is 0 Å². The van der Waals surface area contributed by atoms with Crippen molar-refractivity contribution in [3.63, 3.8) is 0 Å². The third-order valence-corrected chi connectivity index (χ3v) is 6.81. The quantitative estimate of drug-likeness (QED) is 0.450. The highest BCUT2D eigenvalue weighted by Crippen LogP contribution is 2.48. The van der Waals surface area contributed by atoms with Crippen LogP contribution < -0.4 is 0 Å². The number of aromatic nitrogens is 1. The maximum Gasteiger partial charge on any atom is 0.330 e. The third-order valence-electron chi connectivity index (χ3n) is 4.64. The third kappa shape index (κ3) is 3.88. The van der Waals surface area contributed by atoms with Gasteiger partial charge in [-0.15, -0.1) is 0 Å². The Hall–Kier alpha value is -1.61. The maximum absolute atomic E-state index is 12.7. The molecule has 3 rings (SSSR count). The molecular formula is C21H28NO3P. The minimum absolute atomic E-state index is 0.408. The molecule has 1 aromatic heterocycles. The standard InChI is InChI=1S/C21H28NO3P/c1-5-24-26(23,25-6-2)13-7-12-22-20-11-9-16(3)14-19(20)18-10-8-17(4)15-21(18)22/h8-11,14-15H,5-7,12-13H2,1-4H3. The van der Waals surface area contributed by atoms with E-state index in [4.69, 9.17) is 9.05 Å². The molecule has 4 nitrogen and oxygen atoms in total. The zero-order valence-corrected chi connectivity index (χ0v) is 17.0. The van der Waals surface area contributed by atoms with Crippen molar-refractivity contribution in [1.82, 2.24) is 4.57 Å². The first-order chi connectivity index (χ1) is 12.5. The highest BCUT2D eigenvalue weighted by atomic mass is 31.2. The van der Waals surface area contributed by atoms with Gasteiger partial charge >= 0.3 is 7.60 Å². The van der Waals surface area contributed by atoms with Crippen LogP contribution in [0, 0.1) is 13.8 Å². The monoisotopic (exact) mass is 373 g/mol. The zero-order chi connectivity index (χ0) is 18.7. The van der Waals surface area contributed by atoms with Crippen molar-refractivity contribution in [2.45, 2.75) is 40.7 Å². The SMILES string of the molecule is CCOP(=O)(CCCn1c2ccc(C)cc2c2ccc(C)cc21)OCC. The molecule has 5 heteroatoms. The Morgan fingerprint density at radius 1 is 0.885 bits per heavy atom. The smallest absolute Gasteiger partial charge is 0.330 e. The van der Waals surface area contributed by atoms with E-state index in [0.717, 1.165) is 13.0 Å². The number of nitrogens with zero attached hydrogens (tertiary/aromatic N) is 1. The molecular weight excluding hydrogens is 345 g/mol.